The molecular formula is C16H27N5. The van der Waals surface area contributed by atoms with Gasteiger partial charge in [0.15, 0.2) is 0 Å². The summed E-state index contributed by atoms with van der Waals surface area (Å²) in [7, 11) is 0. The third kappa shape index (κ3) is 3.93. The largest absolute Gasteiger partial charge is 0.354 e. The molecule has 2 aliphatic heterocycles. The van der Waals surface area contributed by atoms with Crippen LogP contribution in [0, 0.1) is 0 Å². The van der Waals surface area contributed by atoms with Gasteiger partial charge in [-0.3, -0.25) is 4.90 Å². The van der Waals surface area contributed by atoms with E-state index in [1.54, 1.807) is 0 Å². The van der Waals surface area contributed by atoms with E-state index in [-0.39, 0.29) is 0 Å². The molecule has 2 N–H and O–H groups in total. The molecule has 0 spiro atoms. The van der Waals surface area contributed by atoms with E-state index in [2.05, 4.69) is 31.8 Å². The molecular weight excluding hydrogens is 262 g/mol. The summed E-state index contributed by atoms with van der Waals surface area (Å²) in [4.78, 5) is 12.1. The number of nitrogens with zero attached hydrogens (tertiary/aromatic N) is 4. The Morgan fingerprint density at radius 3 is 2.14 bits per heavy atom. The van der Waals surface area contributed by atoms with Gasteiger partial charge in [0, 0.05) is 52.0 Å². The maximum absolute atomic E-state index is 5.62. The first kappa shape index (κ1) is 14.8. The van der Waals surface area contributed by atoms with Crippen molar-refractivity contribution in [2.45, 2.75) is 19.4 Å². The fourth-order valence-electron chi connectivity index (χ4n) is 3.21. The van der Waals surface area contributed by atoms with E-state index in [1.165, 1.54) is 39.0 Å². The highest BCUT2D eigenvalue weighted by Crippen LogP contribution is 2.14. The van der Waals surface area contributed by atoms with Crippen LogP contribution < -0.4 is 10.6 Å². The van der Waals surface area contributed by atoms with Crippen molar-refractivity contribution in [1.29, 1.82) is 0 Å². The van der Waals surface area contributed by atoms with Crippen LogP contribution in [0.15, 0.2) is 18.3 Å². The van der Waals surface area contributed by atoms with Gasteiger partial charge in [-0.05, 0) is 37.6 Å². The van der Waals surface area contributed by atoms with Crippen molar-refractivity contribution < 1.29 is 0 Å². The number of nitrogens with two attached hydrogens (primary N) is 1. The molecule has 0 unspecified atom stereocenters. The highest BCUT2D eigenvalue weighted by Gasteiger charge is 2.19. The van der Waals surface area contributed by atoms with Gasteiger partial charge in [0.1, 0.15) is 5.82 Å². The van der Waals surface area contributed by atoms with E-state index in [9.17, 15) is 0 Å². The molecule has 2 fully saturated rings. The Morgan fingerprint density at radius 2 is 1.57 bits per heavy atom. The maximum atomic E-state index is 5.62. The van der Waals surface area contributed by atoms with Crippen LogP contribution in [0.2, 0.25) is 0 Å². The van der Waals surface area contributed by atoms with Crippen molar-refractivity contribution in [2.75, 3.05) is 57.3 Å². The third-order valence-electron chi connectivity index (χ3n) is 4.67. The fourth-order valence-corrected chi connectivity index (χ4v) is 3.21. The molecule has 0 radical (unpaired) electrons. The van der Waals surface area contributed by atoms with Gasteiger partial charge in [-0.2, -0.15) is 0 Å². The molecule has 2 aliphatic rings. The second kappa shape index (κ2) is 7.20. The summed E-state index contributed by atoms with van der Waals surface area (Å²) in [5.41, 5.74) is 6.72. The van der Waals surface area contributed by atoms with Crippen LogP contribution >= 0.6 is 0 Å². The molecule has 0 aliphatic carbocycles. The van der Waals surface area contributed by atoms with Crippen LogP contribution in [0.3, 0.4) is 0 Å². The first-order chi connectivity index (χ1) is 10.3. The topological polar surface area (TPSA) is 48.6 Å². The van der Waals surface area contributed by atoms with Crippen LogP contribution in [0.5, 0.6) is 0 Å². The average molecular weight is 289 g/mol. The number of pyridine rings is 1. The highest BCUT2D eigenvalue weighted by molar-refractivity contribution is 5.39. The van der Waals surface area contributed by atoms with Crippen LogP contribution in [0.4, 0.5) is 5.82 Å². The van der Waals surface area contributed by atoms with Gasteiger partial charge in [0.05, 0.1) is 0 Å². The molecule has 5 heteroatoms. The lowest BCUT2D eigenvalue weighted by Gasteiger charge is -2.36. The summed E-state index contributed by atoms with van der Waals surface area (Å²) in [6.07, 6.45) is 4.67. The Labute approximate surface area is 127 Å². The zero-order valence-corrected chi connectivity index (χ0v) is 12.9. The molecule has 0 saturated carbocycles. The number of anilines is 1. The van der Waals surface area contributed by atoms with Crippen LogP contribution in [-0.4, -0.2) is 67.1 Å². The van der Waals surface area contributed by atoms with Crippen molar-refractivity contribution in [3.63, 3.8) is 0 Å². The number of rotatable bonds is 5. The number of hydrogen-bond acceptors (Lipinski definition) is 5. The van der Waals surface area contributed by atoms with Crippen molar-refractivity contribution in [1.82, 2.24) is 14.8 Å². The Bertz CT molecular complexity index is 419. The summed E-state index contributed by atoms with van der Waals surface area (Å²) >= 11 is 0. The molecule has 2 saturated heterocycles. The smallest absolute Gasteiger partial charge is 0.128 e. The molecule has 5 nitrogen and oxygen atoms in total. The summed E-state index contributed by atoms with van der Waals surface area (Å²) in [6, 6.07) is 4.18. The summed E-state index contributed by atoms with van der Waals surface area (Å²) in [5.74, 6) is 1.09. The highest BCUT2D eigenvalue weighted by atomic mass is 15.3. The summed E-state index contributed by atoms with van der Waals surface area (Å²) in [6.45, 7) is 10.1. The molecule has 0 amide bonds. The number of hydrogen-bond donors (Lipinski definition) is 1. The molecule has 116 valence electrons. The lowest BCUT2D eigenvalue weighted by atomic mass is 10.2. The second-order valence-corrected chi connectivity index (χ2v) is 6.11. The van der Waals surface area contributed by atoms with Crippen LogP contribution in [0.25, 0.3) is 0 Å². The maximum Gasteiger partial charge on any atom is 0.128 e. The predicted molar refractivity (Wildman–Crippen MR) is 86.5 cm³/mol. The van der Waals surface area contributed by atoms with Gasteiger partial charge >= 0.3 is 0 Å². The van der Waals surface area contributed by atoms with Crippen LogP contribution in [0.1, 0.15) is 18.4 Å². The van der Waals surface area contributed by atoms with Gasteiger partial charge in [0.25, 0.3) is 0 Å². The van der Waals surface area contributed by atoms with Crippen molar-refractivity contribution in [2.24, 2.45) is 5.73 Å². The lowest BCUT2D eigenvalue weighted by Crippen LogP contribution is -2.48. The van der Waals surface area contributed by atoms with Crippen LogP contribution in [-0.2, 0) is 6.54 Å². The minimum absolute atomic E-state index is 0.567. The minimum atomic E-state index is 0.567. The zero-order chi connectivity index (χ0) is 14.5. The predicted octanol–water partition coefficient (Wildman–Crippen LogP) is 0.758. The molecule has 3 heterocycles. The van der Waals surface area contributed by atoms with Crippen molar-refractivity contribution in [3.05, 3.63) is 23.9 Å². The normalized spacial score (nSPS) is 21.1. The summed E-state index contributed by atoms with van der Waals surface area (Å²) < 4.78 is 0. The molecule has 1 aromatic heterocycles. The molecule has 21 heavy (non-hydrogen) atoms. The number of likely N-dealkylation sites (tertiary alicyclic amines) is 1. The molecule has 0 aromatic carbocycles. The van der Waals surface area contributed by atoms with E-state index in [1.807, 2.05) is 6.20 Å². The molecule has 0 atom stereocenters. The van der Waals surface area contributed by atoms with E-state index in [0.29, 0.717) is 6.54 Å². The quantitative estimate of drug-likeness (QED) is 0.867. The number of piperazine rings is 1. The standard InChI is InChI=1S/C16H27N5/c17-13-15-3-4-16(18-14-15)21-11-9-20(10-12-21)8-7-19-5-1-2-6-19/h3-4,14H,1-2,5-13,17H2. The monoisotopic (exact) mass is 289 g/mol. The Morgan fingerprint density at radius 1 is 0.905 bits per heavy atom. The Hall–Kier alpha value is -1.17. The van der Waals surface area contributed by atoms with Gasteiger partial charge in [-0.1, -0.05) is 6.07 Å². The van der Waals surface area contributed by atoms with E-state index in [0.717, 1.165) is 37.6 Å². The minimum Gasteiger partial charge on any atom is -0.354 e. The molecule has 3 rings (SSSR count). The van der Waals surface area contributed by atoms with Gasteiger partial charge in [-0.15, -0.1) is 0 Å². The third-order valence-corrected chi connectivity index (χ3v) is 4.67. The SMILES string of the molecule is NCc1ccc(N2CCN(CCN3CCCC3)CC2)nc1. The van der Waals surface area contributed by atoms with E-state index < -0.39 is 0 Å². The Kier molecular flexibility index (Phi) is 5.06. The second-order valence-electron chi connectivity index (χ2n) is 6.11. The van der Waals surface area contributed by atoms with Crippen molar-refractivity contribution >= 4 is 5.82 Å². The van der Waals surface area contributed by atoms with E-state index in [4.69, 9.17) is 5.73 Å². The fraction of sp³-hybridized carbons (Fsp3) is 0.688. The van der Waals surface area contributed by atoms with Gasteiger partial charge in [-0.25, -0.2) is 4.98 Å². The lowest BCUT2D eigenvalue weighted by molar-refractivity contribution is 0.215. The van der Waals surface area contributed by atoms with Gasteiger partial charge < -0.3 is 15.5 Å². The zero-order valence-electron chi connectivity index (χ0n) is 12.9. The molecule has 1 aromatic rings. The molecule has 0 bridgehead atoms. The number of aromatic nitrogens is 1. The van der Waals surface area contributed by atoms with E-state index >= 15 is 0 Å². The van der Waals surface area contributed by atoms with Gasteiger partial charge in [0.2, 0.25) is 0 Å². The average Bonchev–Trinajstić information content (AvgIpc) is 3.07. The summed E-state index contributed by atoms with van der Waals surface area (Å²) in [5, 5.41) is 0. The van der Waals surface area contributed by atoms with Crippen molar-refractivity contribution in [3.8, 4) is 0 Å². The first-order valence-corrected chi connectivity index (χ1v) is 8.20. The first-order valence-electron chi connectivity index (χ1n) is 8.20. The Balaban J connectivity index is 1.43.